The summed E-state index contributed by atoms with van der Waals surface area (Å²) in [6.45, 7) is 0. The largest absolute Gasteiger partial charge is 0.309 e. The minimum atomic E-state index is -0.705. The van der Waals surface area contributed by atoms with E-state index in [1.165, 1.54) is 0 Å². The van der Waals surface area contributed by atoms with Crippen molar-refractivity contribution in [2.75, 3.05) is 0 Å². The van der Waals surface area contributed by atoms with Gasteiger partial charge in [-0.1, -0.05) is 127 Å². The fraction of sp³-hybridized carbons (Fsp3) is 0. The third-order valence-corrected chi connectivity index (χ3v) is 9.98. The zero-order valence-electron chi connectivity index (χ0n) is 38.1. The van der Waals surface area contributed by atoms with Crippen molar-refractivity contribution in [2.45, 2.75) is 0 Å². The summed E-state index contributed by atoms with van der Waals surface area (Å²) in [6.07, 6.45) is 0. The van der Waals surface area contributed by atoms with Crippen molar-refractivity contribution in [2.24, 2.45) is 0 Å². The molecule has 7 aromatic carbocycles. The highest BCUT2D eigenvalue weighted by Gasteiger charge is 2.18. The molecule has 0 aliphatic carbocycles. The molecule has 10 aromatic rings. The first-order chi connectivity index (χ1) is 29.8. The molecule has 0 spiro atoms. The Kier molecular flexibility index (Phi) is 4.43. The lowest BCUT2D eigenvalue weighted by Gasteiger charge is -2.12. The summed E-state index contributed by atoms with van der Waals surface area (Å²) in [7, 11) is 0. The van der Waals surface area contributed by atoms with Crippen LogP contribution in [0.4, 0.5) is 0 Å². The summed E-state index contributed by atoms with van der Waals surface area (Å²) >= 11 is 1.60. The molecule has 0 amide bonds. The first kappa shape index (κ1) is 19.0. The number of nitrogens with zero attached hydrogens (tertiary/aromatic N) is 3. The number of benzene rings is 7. The quantitative estimate of drug-likeness (QED) is 0.183. The van der Waals surface area contributed by atoms with E-state index in [4.69, 9.17) is 22.3 Å². The van der Waals surface area contributed by atoms with E-state index >= 15 is 0 Å². The Balaban J connectivity index is 1.33. The molecular weight excluding hydrogens is 627 g/mol. The van der Waals surface area contributed by atoms with Gasteiger partial charge in [-0.2, -0.15) is 0 Å². The summed E-state index contributed by atoms with van der Waals surface area (Å²) in [4.78, 5) is 10.1. The van der Waals surface area contributed by atoms with Gasteiger partial charge in [-0.15, -0.1) is 11.3 Å². The van der Waals surface area contributed by atoms with Crippen LogP contribution < -0.4 is 0 Å². The average Bonchev–Trinajstić information content (AvgIpc) is 3.86. The Morgan fingerprint density at radius 2 is 1.22 bits per heavy atom. The Morgan fingerprint density at radius 1 is 0.500 bits per heavy atom. The fourth-order valence-corrected chi connectivity index (χ4v) is 7.71. The van der Waals surface area contributed by atoms with E-state index < -0.39 is 78.2 Å². The van der Waals surface area contributed by atoms with Crippen LogP contribution in [0.1, 0.15) is 16.4 Å². The second kappa shape index (κ2) is 11.7. The molecule has 0 atom stereocenters. The van der Waals surface area contributed by atoms with Crippen molar-refractivity contribution in [3.05, 3.63) is 176 Å². The zero-order chi connectivity index (χ0) is 43.5. The molecular formula is C46H29N3S. The summed E-state index contributed by atoms with van der Waals surface area (Å²) in [6, 6.07) is 25.7. The van der Waals surface area contributed by atoms with E-state index in [0.29, 0.717) is 11.3 Å². The topological polar surface area (TPSA) is 30.7 Å². The lowest BCUT2D eigenvalue weighted by atomic mass is 10.0. The van der Waals surface area contributed by atoms with Crippen LogP contribution in [-0.2, 0) is 0 Å². The molecule has 4 heteroatoms. The van der Waals surface area contributed by atoms with Gasteiger partial charge in [0.15, 0.2) is 5.82 Å². The van der Waals surface area contributed by atoms with Gasteiger partial charge in [0.25, 0.3) is 0 Å². The number of aromatic nitrogens is 3. The number of hydrogen-bond donors (Lipinski definition) is 0. The van der Waals surface area contributed by atoms with E-state index in [2.05, 4.69) is 12.1 Å². The van der Waals surface area contributed by atoms with Gasteiger partial charge in [-0.05, 0) is 59.5 Å². The van der Waals surface area contributed by atoms with Crippen LogP contribution in [-0.4, -0.2) is 14.5 Å². The zero-order valence-corrected chi connectivity index (χ0v) is 26.9. The summed E-state index contributed by atoms with van der Waals surface area (Å²) in [5.41, 5.74) is 2.64. The van der Waals surface area contributed by atoms with Crippen molar-refractivity contribution in [1.29, 1.82) is 0 Å². The molecule has 0 aliphatic heterocycles. The fourth-order valence-electron chi connectivity index (χ4n) is 6.48. The van der Waals surface area contributed by atoms with Gasteiger partial charge in [0.1, 0.15) is 0 Å². The highest BCUT2D eigenvalue weighted by molar-refractivity contribution is 7.26. The molecule has 0 fully saturated rings. The van der Waals surface area contributed by atoms with Gasteiger partial charge in [-0.3, -0.25) is 0 Å². The second-order valence-corrected chi connectivity index (χ2v) is 12.7. The molecule has 0 bridgehead atoms. The maximum Gasteiger partial charge on any atom is 0.160 e. The van der Waals surface area contributed by atoms with Gasteiger partial charge in [0, 0.05) is 53.3 Å². The molecule has 234 valence electrons. The smallest absolute Gasteiger partial charge is 0.160 e. The minimum absolute atomic E-state index is 0.100. The third-order valence-electron chi connectivity index (χ3n) is 8.76. The van der Waals surface area contributed by atoms with Gasteiger partial charge in [0.05, 0.1) is 38.9 Å². The molecule has 3 heterocycles. The first-order valence-corrected chi connectivity index (χ1v) is 16.7. The van der Waals surface area contributed by atoms with E-state index in [9.17, 15) is 4.11 Å². The van der Waals surface area contributed by atoms with Crippen LogP contribution in [0.25, 0.3) is 92.7 Å². The van der Waals surface area contributed by atoms with Crippen LogP contribution in [0, 0.1) is 0 Å². The van der Waals surface area contributed by atoms with Gasteiger partial charge >= 0.3 is 0 Å². The van der Waals surface area contributed by atoms with Gasteiger partial charge in [0.2, 0.25) is 0 Å². The number of hydrogen-bond acceptors (Lipinski definition) is 3. The third kappa shape index (κ3) is 4.73. The molecule has 3 aromatic heterocycles. The standard InChI is InChI=1S/C46H29N3S/c1-3-13-30(14-4-1)31-15-11-16-33(27-31)46-47-40(29-41(48-46)38-22-12-21-37-36-20-8-10-24-44(36)50-45(37)38)32-25-26-43-39(28-32)35-19-7-9-23-42(35)49(43)34-17-5-2-6-18-34/h1-29H/i2D,5D,6D,7D,9D,17D,18D,19D,23D,25D,26D,28D. The van der Waals surface area contributed by atoms with E-state index in [1.54, 1.807) is 17.4 Å². The second-order valence-electron chi connectivity index (χ2n) is 11.7. The lowest BCUT2D eigenvalue weighted by Crippen LogP contribution is -1.97. The molecule has 0 aliphatic rings. The van der Waals surface area contributed by atoms with Crippen LogP contribution in [0.5, 0.6) is 0 Å². The Hall–Kier alpha value is -6.36. The normalized spacial score (nSPS) is 15.0. The number of fused-ring (bicyclic) bond motifs is 6. The maximum atomic E-state index is 9.87. The highest BCUT2D eigenvalue weighted by Crippen LogP contribution is 2.41. The molecule has 0 saturated carbocycles. The van der Waals surface area contributed by atoms with Crippen molar-refractivity contribution < 1.29 is 16.4 Å². The number of rotatable bonds is 5. The molecule has 0 unspecified atom stereocenters. The van der Waals surface area contributed by atoms with Crippen molar-refractivity contribution >= 4 is 53.3 Å². The van der Waals surface area contributed by atoms with E-state index in [1.807, 2.05) is 84.9 Å². The number of thiophene rings is 1. The van der Waals surface area contributed by atoms with Crippen molar-refractivity contribution in [3.63, 3.8) is 0 Å². The first-order valence-electron chi connectivity index (χ1n) is 21.9. The van der Waals surface area contributed by atoms with Gasteiger partial charge < -0.3 is 4.57 Å². The lowest BCUT2D eigenvalue weighted by molar-refractivity contribution is 1.18. The Bertz CT molecular complexity index is 3540. The van der Waals surface area contributed by atoms with Crippen molar-refractivity contribution in [3.8, 4) is 50.7 Å². The highest BCUT2D eigenvalue weighted by atomic mass is 32.1. The minimum Gasteiger partial charge on any atom is -0.309 e. The molecule has 0 radical (unpaired) electrons. The molecule has 3 nitrogen and oxygen atoms in total. The predicted octanol–water partition coefficient (Wildman–Crippen LogP) is 12.6. The maximum absolute atomic E-state index is 9.87. The van der Waals surface area contributed by atoms with Crippen molar-refractivity contribution in [1.82, 2.24) is 14.5 Å². The van der Waals surface area contributed by atoms with Gasteiger partial charge in [-0.25, -0.2) is 9.97 Å². The van der Waals surface area contributed by atoms with Crippen LogP contribution in [0.3, 0.4) is 0 Å². The number of para-hydroxylation sites is 2. The predicted molar refractivity (Wildman–Crippen MR) is 211 cm³/mol. The van der Waals surface area contributed by atoms with Crippen LogP contribution in [0.2, 0.25) is 0 Å². The Morgan fingerprint density at radius 3 is 2.14 bits per heavy atom. The van der Waals surface area contributed by atoms with Crippen LogP contribution >= 0.6 is 11.3 Å². The monoisotopic (exact) mass is 667 g/mol. The molecule has 10 rings (SSSR count). The summed E-state index contributed by atoms with van der Waals surface area (Å²) in [5, 5.41) is 1.71. The van der Waals surface area contributed by atoms with Crippen LogP contribution in [0.15, 0.2) is 176 Å². The average molecular weight is 668 g/mol. The summed E-state index contributed by atoms with van der Waals surface area (Å²) < 4.78 is 110. The SMILES string of the molecule is [2H]c1c([2H])c([2H])c(-n2c3c([2H])c([2H])c([2H])c([2H])c3c3c([2H])c(-c4cc(-c5cccc6c5sc5ccccc56)nc(-c5cccc(-c6ccccc6)c5)n4)c([2H])c([2H])c32)c([2H])c1[2H]. The van der Waals surface area contributed by atoms with E-state index in [0.717, 1.165) is 41.4 Å². The molecule has 50 heavy (non-hydrogen) atoms. The summed E-state index contributed by atoms with van der Waals surface area (Å²) in [5.74, 6) is 0.266. The molecule has 0 saturated heterocycles. The van der Waals surface area contributed by atoms with E-state index in [-0.39, 0.29) is 38.9 Å². The Labute approximate surface area is 310 Å². The molecule has 0 N–H and O–H groups in total.